The third-order valence-electron chi connectivity index (χ3n) is 1.32. The molecule has 0 aliphatic heterocycles. The zero-order valence-corrected chi connectivity index (χ0v) is 6.57. The molecular formula is C8H8O4. The molecule has 1 aromatic heterocycles. The third-order valence-corrected chi connectivity index (χ3v) is 1.32. The molecule has 1 heterocycles. The van der Waals surface area contributed by atoms with Gasteiger partial charge in [0.15, 0.2) is 12.0 Å². The number of aldehydes is 1. The molecule has 0 aliphatic carbocycles. The molecule has 0 unspecified atom stereocenters. The summed E-state index contributed by atoms with van der Waals surface area (Å²) in [7, 11) is 0. The van der Waals surface area contributed by atoms with Gasteiger partial charge < -0.3 is 9.15 Å². The first-order chi connectivity index (χ1) is 5.74. The molecule has 0 saturated carbocycles. The highest BCUT2D eigenvalue weighted by molar-refractivity contribution is 5.73. The number of furan rings is 1. The molecule has 0 aromatic carbocycles. The summed E-state index contributed by atoms with van der Waals surface area (Å²) < 4.78 is 9.46. The van der Waals surface area contributed by atoms with Crippen molar-refractivity contribution in [1.82, 2.24) is 0 Å². The monoisotopic (exact) mass is 168 g/mol. The molecule has 12 heavy (non-hydrogen) atoms. The van der Waals surface area contributed by atoms with Gasteiger partial charge in [-0.05, 0) is 6.07 Å². The molecule has 1 rings (SSSR count). The van der Waals surface area contributed by atoms with E-state index in [-0.39, 0.29) is 18.3 Å². The van der Waals surface area contributed by atoms with E-state index >= 15 is 0 Å². The summed E-state index contributed by atoms with van der Waals surface area (Å²) in [5, 5.41) is 0. The summed E-state index contributed by atoms with van der Waals surface area (Å²) in [5.74, 6) is -0.177. The van der Waals surface area contributed by atoms with Crippen LogP contribution in [0, 0.1) is 0 Å². The maximum atomic E-state index is 10.4. The van der Waals surface area contributed by atoms with Crippen molar-refractivity contribution in [3.63, 3.8) is 0 Å². The van der Waals surface area contributed by atoms with E-state index in [0.29, 0.717) is 11.8 Å². The molecule has 4 heteroatoms. The summed E-state index contributed by atoms with van der Waals surface area (Å²) >= 11 is 0. The Morgan fingerprint density at radius 2 is 2.50 bits per heavy atom. The van der Waals surface area contributed by atoms with Gasteiger partial charge in [0.25, 0.3) is 0 Å². The van der Waals surface area contributed by atoms with Crippen molar-refractivity contribution in [2.75, 3.05) is 0 Å². The van der Waals surface area contributed by atoms with Crippen LogP contribution in [0.4, 0.5) is 0 Å². The highest BCUT2D eigenvalue weighted by Crippen LogP contribution is 2.08. The molecule has 0 atom stereocenters. The van der Waals surface area contributed by atoms with Crippen molar-refractivity contribution < 1.29 is 18.7 Å². The molecule has 0 spiro atoms. The number of rotatable bonds is 3. The second-order valence-corrected chi connectivity index (χ2v) is 2.21. The Labute approximate surface area is 69.1 Å². The lowest BCUT2D eigenvalue weighted by Gasteiger charge is -1.97. The van der Waals surface area contributed by atoms with Gasteiger partial charge in [0.1, 0.15) is 6.61 Å². The van der Waals surface area contributed by atoms with Gasteiger partial charge in [-0.1, -0.05) is 0 Å². The molecule has 64 valence electrons. The Bertz CT molecular complexity index is 287. The van der Waals surface area contributed by atoms with Crippen molar-refractivity contribution >= 4 is 12.3 Å². The molecule has 0 amide bonds. The van der Waals surface area contributed by atoms with Gasteiger partial charge in [0.05, 0.1) is 6.26 Å². The summed E-state index contributed by atoms with van der Waals surface area (Å²) in [6.07, 6.45) is 1.96. The van der Waals surface area contributed by atoms with Crippen LogP contribution in [0.3, 0.4) is 0 Å². The van der Waals surface area contributed by atoms with Crippen LogP contribution in [0.5, 0.6) is 0 Å². The molecule has 0 radical (unpaired) electrons. The Hall–Kier alpha value is -1.58. The van der Waals surface area contributed by atoms with Gasteiger partial charge in [-0.25, -0.2) is 0 Å². The molecule has 0 N–H and O–H groups in total. The van der Waals surface area contributed by atoms with Crippen molar-refractivity contribution in [2.45, 2.75) is 13.5 Å². The molecule has 0 saturated heterocycles. The summed E-state index contributed by atoms with van der Waals surface area (Å²) in [6, 6.07) is 1.59. The minimum absolute atomic E-state index is 0.0832. The van der Waals surface area contributed by atoms with E-state index in [9.17, 15) is 9.59 Å². The topological polar surface area (TPSA) is 56.5 Å². The fourth-order valence-electron chi connectivity index (χ4n) is 0.749. The van der Waals surface area contributed by atoms with Gasteiger partial charge in [0.2, 0.25) is 0 Å². The maximum Gasteiger partial charge on any atom is 0.302 e. The van der Waals surface area contributed by atoms with Crippen molar-refractivity contribution in [3.8, 4) is 0 Å². The van der Waals surface area contributed by atoms with Crippen molar-refractivity contribution in [1.29, 1.82) is 0 Å². The lowest BCUT2D eigenvalue weighted by molar-refractivity contribution is -0.142. The van der Waals surface area contributed by atoms with Crippen LogP contribution in [0.2, 0.25) is 0 Å². The van der Waals surface area contributed by atoms with E-state index in [1.165, 1.54) is 13.2 Å². The largest absolute Gasteiger partial charge is 0.461 e. The Morgan fingerprint density at radius 1 is 1.75 bits per heavy atom. The lowest BCUT2D eigenvalue weighted by atomic mass is 10.3. The zero-order valence-electron chi connectivity index (χ0n) is 6.57. The highest BCUT2D eigenvalue weighted by Gasteiger charge is 2.05. The van der Waals surface area contributed by atoms with E-state index in [2.05, 4.69) is 4.74 Å². The average molecular weight is 168 g/mol. The first-order valence-corrected chi connectivity index (χ1v) is 3.39. The quantitative estimate of drug-likeness (QED) is 0.502. The highest BCUT2D eigenvalue weighted by atomic mass is 16.5. The molecular weight excluding hydrogens is 160 g/mol. The van der Waals surface area contributed by atoms with Gasteiger partial charge in [-0.15, -0.1) is 0 Å². The zero-order chi connectivity index (χ0) is 8.97. The van der Waals surface area contributed by atoms with Crippen LogP contribution < -0.4 is 0 Å². The minimum Gasteiger partial charge on any atom is -0.461 e. The Kier molecular flexibility index (Phi) is 2.63. The molecule has 0 bridgehead atoms. The molecule has 0 aliphatic rings. The first-order valence-electron chi connectivity index (χ1n) is 3.39. The van der Waals surface area contributed by atoms with Gasteiger partial charge >= 0.3 is 5.97 Å². The summed E-state index contributed by atoms with van der Waals surface area (Å²) in [5.41, 5.74) is 0.584. The molecule has 1 aromatic rings. The van der Waals surface area contributed by atoms with Gasteiger partial charge in [-0.2, -0.15) is 0 Å². The predicted molar refractivity (Wildman–Crippen MR) is 39.6 cm³/mol. The Balaban J connectivity index is 2.62. The van der Waals surface area contributed by atoms with Crippen LogP contribution in [0.15, 0.2) is 16.7 Å². The van der Waals surface area contributed by atoms with Gasteiger partial charge in [0, 0.05) is 12.5 Å². The number of carbonyl (C=O) groups excluding carboxylic acids is 2. The van der Waals surface area contributed by atoms with E-state index < -0.39 is 0 Å². The van der Waals surface area contributed by atoms with Crippen LogP contribution in [0.25, 0.3) is 0 Å². The number of hydrogen-bond donors (Lipinski definition) is 0. The number of hydrogen-bond acceptors (Lipinski definition) is 4. The smallest absolute Gasteiger partial charge is 0.302 e. The minimum atomic E-state index is -0.381. The van der Waals surface area contributed by atoms with Crippen LogP contribution in [0.1, 0.15) is 23.0 Å². The number of carbonyl (C=O) groups is 2. The van der Waals surface area contributed by atoms with E-state index in [4.69, 9.17) is 4.42 Å². The summed E-state index contributed by atoms with van der Waals surface area (Å²) in [6.45, 7) is 1.39. The van der Waals surface area contributed by atoms with Crippen LogP contribution in [-0.4, -0.2) is 12.3 Å². The second-order valence-electron chi connectivity index (χ2n) is 2.21. The van der Waals surface area contributed by atoms with E-state index in [1.807, 2.05) is 0 Å². The lowest BCUT2D eigenvalue weighted by Crippen LogP contribution is -1.99. The normalized spacial score (nSPS) is 9.42. The first kappa shape index (κ1) is 8.52. The number of esters is 1. The number of ether oxygens (including phenoxy) is 1. The van der Waals surface area contributed by atoms with Gasteiger partial charge in [-0.3, -0.25) is 9.59 Å². The van der Waals surface area contributed by atoms with E-state index in [0.717, 1.165) is 0 Å². The third kappa shape index (κ3) is 1.95. The van der Waals surface area contributed by atoms with Crippen LogP contribution in [-0.2, 0) is 16.1 Å². The second kappa shape index (κ2) is 3.71. The predicted octanol–water partition coefficient (Wildman–Crippen LogP) is 1.16. The molecule has 0 fully saturated rings. The van der Waals surface area contributed by atoms with Crippen molar-refractivity contribution in [3.05, 3.63) is 23.7 Å². The maximum absolute atomic E-state index is 10.4. The standard InChI is InChI=1S/C8H8O4/c1-6(10)12-5-7-2-3-11-8(7)4-9/h2-4H,5H2,1H3. The summed E-state index contributed by atoms with van der Waals surface area (Å²) in [4.78, 5) is 20.7. The van der Waals surface area contributed by atoms with E-state index in [1.54, 1.807) is 6.07 Å². The molecule has 4 nitrogen and oxygen atoms in total. The fourth-order valence-corrected chi connectivity index (χ4v) is 0.749. The average Bonchev–Trinajstić information content (AvgIpc) is 2.47. The fraction of sp³-hybridized carbons (Fsp3) is 0.250. The van der Waals surface area contributed by atoms with Crippen LogP contribution >= 0.6 is 0 Å². The Morgan fingerprint density at radius 3 is 3.08 bits per heavy atom. The van der Waals surface area contributed by atoms with Crippen molar-refractivity contribution in [2.24, 2.45) is 0 Å². The SMILES string of the molecule is CC(=O)OCc1ccoc1C=O.